The molecule has 5 heteroatoms. The third-order valence-electron chi connectivity index (χ3n) is 4.67. The number of nitrogens with zero attached hydrogens (tertiary/aromatic N) is 2. The van der Waals surface area contributed by atoms with Crippen LogP contribution in [0, 0.1) is 0 Å². The lowest BCUT2D eigenvalue weighted by Crippen LogP contribution is -2.61. The Labute approximate surface area is 134 Å². The van der Waals surface area contributed by atoms with E-state index in [1.807, 2.05) is 28.8 Å². The van der Waals surface area contributed by atoms with E-state index in [9.17, 15) is 4.79 Å². The number of hydrogen-bond donors (Lipinski definition) is 0. The van der Waals surface area contributed by atoms with E-state index in [0.717, 1.165) is 55.8 Å². The molecule has 3 aliphatic rings. The maximum absolute atomic E-state index is 12.3. The number of likely N-dealkylation sites (tertiary alicyclic amines) is 1. The number of ether oxygens (including phenoxy) is 1. The first-order chi connectivity index (χ1) is 10.7. The van der Waals surface area contributed by atoms with Crippen molar-refractivity contribution in [1.29, 1.82) is 0 Å². The van der Waals surface area contributed by atoms with Crippen LogP contribution < -0.4 is 4.74 Å². The van der Waals surface area contributed by atoms with Gasteiger partial charge in [-0.1, -0.05) is 6.08 Å². The average molecular weight is 316 g/mol. The molecule has 1 aliphatic carbocycles. The molecule has 3 heterocycles. The van der Waals surface area contributed by atoms with E-state index in [0.29, 0.717) is 0 Å². The molecule has 1 aromatic rings. The number of thioether (sulfide) groups is 1. The number of hydrogen-bond acceptors (Lipinski definition) is 4. The van der Waals surface area contributed by atoms with Crippen molar-refractivity contribution in [2.24, 2.45) is 0 Å². The number of amides is 1. The van der Waals surface area contributed by atoms with Crippen LogP contribution in [0.2, 0.25) is 0 Å². The summed E-state index contributed by atoms with van der Waals surface area (Å²) in [6, 6.07) is 3.85. The van der Waals surface area contributed by atoms with Crippen molar-refractivity contribution in [3.8, 4) is 5.75 Å². The minimum absolute atomic E-state index is 0.224. The lowest BCUT2D eigenvalue weighted by Gasteiger charge is -2.47. The Morgan fingerprint density at radius 1 is 1.45 bits per heavy atom. The maximum Gasteiger partial charge on any atom is 0.249 e. The zero-order valence-electron chi connectivity index (χ0n) is 12.5. The zero-order chi connectivity index (χ0) is 15.0. The summed E-state index contributed by atoms with van der Waals surface area (Å²) in [5.74, 6) is 2.11. The van der Waals surface area contributed by atoms with E-state index in [4.69, 9.17) is 4.74 Å². The zero-order valence-corrected chi connectivity index (χ0v) is 13.3. The topological polar surface area (TPSA) is 42.4 Å². The number of carbonyl (C=O) groups excluding carboxylic acids is 1. The van der Waals surface area contributed by atoms with E-state index >= 15 is 0 Å². The number of pyridine rings is 1. The fraction of sp³-hybridized carbons (Fsp3) is 0.529. The predicted molar refractivity (Wildman–Crippen MR) is 87.0 cm³/mol. The molecule has 116 valence electrons. The fourth-order valence-electron chi connectivity index (χ4n) is 3.57. The summed E-state index contributed by atoms with van der Waals surface area (Å²) in [6.07, 6.45) is 10.0. The molecule has 0 saturated carbocycles. The highest BCUT2D eigenvalue weighted by Gasteiger charge is 2.51. The normalized spacial score (nSPS) is 25.9. The highest BCUT2D eigenvalue weighted by atomic mass is 32.2. The van der Waals surface area contributed by atoms with E-state index < -0.39 is 0 Å². The van der Waals surface area contributed by atoms with Gasteiger partial charge in [0.05, 0.1) is 10.9 Å². The van der Waals surface area contributed by atoms with Gasteiger partial charge in [-0.25, -0.2) is 0 Å². The van der Waals surface area contributed by atoms with E-state index in [-0.39, 0.29) is 16.8 Å². The van der Waals surface area contributed by atoms with Gasteiger partial charge < -0.3 is 9.64 Å². The van der Waals surface area contributed by atoms with Gasteiger partial charge in [-0.2, -0.15) is 0 Å². The van der Waals surface area contributed by atoms with Crippen LogP contribution in [0.5, 0.6) is 5.75 Å². The van der Waals surface area contributed by atoms with Crippen molar-refractivity contribution in [3.63, 3.8) is 0 Å². The lowest BCUT2D eigenvalue weighted by molar-refractivity contribution is -0.132. The van der Waals surface area contributed by atoms with Crippen LogP contribution in [0.1, 0.15) is 25.7 Å². The molecule has 2 aliphatic heterocycles. The second-order valence-corrected chi connectivity index (χ2v) is 7.90. The monoisotopic (exact) mass is 316 g/mol. The first-order valence-electron chi connectivity index (χ1n) is 7.93. The molecule has 1 atom stereocenters. The number of rotatable bonds is 3. The first-order valence-corrected chi connectivity index (χ1v) is 8.92. The molecule has 0 bridgehead atoms. The quantitative estimate of drug-likeness (QED) is 0.860. The Kier molecular flexibility index (Phi) is 3.60. The van der Waals surface area contributed by atoms with Crippen molar-refractivity contribution in [2.45, 2.75) is 36.5 Å². The maximum atomic E-state index is 12.3. The number of allylic oxidation sites excluding steroid dienone is 1. The van der Waals surface area contributed by atoms with Crippen LogP contribution >= 0.6 is 11.8 Å². The fourth-order valence-corrected chi connectivity index (χ4v) is 5.09. The van der Waals surface area contributed by atoms with E-state index in [2.05, 4.69) is 11.1 Å². The SMILES string of the molecule is O=C(C1=CCCC1)N1CC2(C[C@H](Oc3cccnc3)CS2)C1. The molecule has 0 radical (unpaired) electrons. The van der Waals surface area contributed by atoms with Crippen LogP contribution in [0.4, 0.5) is 0 Å². The van der Waals surface area contributed by atoms with Gasteiger partial charge in [0.2, 0.25) is 5.91 Å². The van der Waals surface area contributed by atoms with Crippen LogP contribution in [0.15, 0.2) is 36.2 Å². The van der Waals surface area contributed by atoms with Crippen LogP contribution in [-0.2, 0) is 4.79 Å². The Morgan fingerprint density at radius 2 is 2.36 bits per heavy atom. The number of carbonyl (C=O) groups is 1. The first kappa shape index (κ1) is 14.1. The molecular weight excluding hydrogens is 296 g/mol. The largest absolute Gasteiger partial charge is 0.488 e. The molecular formula is C17H20N2O2S. The Hall–Kier alpha value is -1.49. The predicted octanol–water partition coefficient (Wildman–Crippen LogP) is 2.66. The summed E-state index contributed by atoms with van der Waals surface area (Å²) in [6.45, 7) is 1.75. The van der Waals surface area contributed by atoms with Crippen molar-refractivity contribution in [2.75, 3.05) is 18.8 Å². The standard InChI is InChI=1S/C17H20N2O2S/c20-16(13-4-1-2-5-13)19-11-17(12-19)8-15(10-22-17)21-14-6-3-7-18-9-14/h3-4,6-7,9,15H,1-2,5,8,10-12H2/t15-/m0/s1. The smallest absolute Gasteiger partial charge is 0.249 e. The second-order valence-electron chi connectivity index (χ2n) is 6.41. The van der Waals surface area contributed by atoms with Crippen molar-refractivity contribution in [3.05, 3.63) is 36.2 Å². The van der Waals surface area contributed by atoms with Gasteiger partial charge in [-0.3, -0.25) is 9.78 Å². The summed E-state index contributed by atoms with van der Waals surface area (Å²) >= 11 is 1.96. The van der Waals surface area contributed by atoms with E-state index in [1.165, 1.54) is 0 Å². The van der Waals surface area contributed by atoms with Crippen LogP contribution in [-0.4, -0.2) is 45.5 Å². The third-order valence-corrected chi connectivity index (χ3v) is 6.25. The van der Waals surface area contributed by atoms with Crippen molar-refractivity contribution < 1.29 is 9.53 Å². The highest BCUT2D eigenvalue weighted by Crippen LogP contribution is 2.46. The Bertz CT molecular complexity index is 596. The van der Waals surface area contributed by atoms with Crippen molar-refractivity contribution >= 4 is 17.7 Å². The molecule has 2 saturated heterocycles. The van der Waals surface area contributed by atoms with Gasteiger partial charge in [-0.15, -0.1) is 11.8 Å². The van der Waals surface area contributed by atoms with E-state index in [1.54, 1.807) is 12.4 Å². The van der Waals surface area contributed by atoms with Gasteiger partial charge in [0.15, 0.2) is 0 Å². The minimum Gasteiger partial charge on any atom is -0.488 e. The minimum atomic E-state index is 0.224. The van der Waals surface area contributed by atoms with Gasteiger partial charge in [0.25, 0.3) is 0 Å². The number of aromatic nitrogens is 1. The van der Waals surface area contributed by atoms with Gasteiger partial charge in [-0.05, 0) is 31.4 Å². The molecule has 1 spiro atoms. The van der Waals surface area contributed by atoms with Crippen molar-refractivity contribution in [1.82, 2.24) is 9.88 Å². The molecule has 0 aromatic carbocycles. The van der Waals surface area contributed by atoms with Gasteiger partial charge in [0.1, 0.15) is 11.9 Å². The Morgan fingerprint density at radius 3 is 3.09 bits per heavy atom. The molecule has 1 aromatic heterocycles. The molecule has 4 rings (SSSR count). The summed E-state index contributed by atoms with van der Waals surface area (Å²) in [5.41, 5.74) is 1.03. The summed E-state index contributed by atoms with van der Waals surface area (Å²) in [7, 11) is 0. The highest BCUT2D eigenvalue weighted by molar-refractivity contribution is 8.01. The van der Waals surface area contributed by atoms with Crippen LogP contribution in [0.3, 0.4) is 0 Å². The third kappa shape index (κ3) is 2.62. The summed E-state index contributed by atoms with van der Waals surface area (Å²) in [5, 5.41) is 0. The molecule has 0 N–H and O–H groups in total. The summed E-state index contributed by atoms with van der Waals surface area (Å²) in [4.78, 5) is 18.4. The van der Waals surface area contributed by atoms with Crippen LogP contribution in [0.25, 0.3) is 0 Å². The molecule has 0 unspecified atom stereocenters. The lowest BCUT2D eigenvalue weighted by atomic mass is 9.92. The molecule has 1 amide bonds. The summed E-state index contributed by atoms with van der Waals surface area (Å²) < 4.78 is 6.23. The second kappa shape index (κ2) is 5.61. The van der Waals surface area contributed by atoms with Gasteiger partial charge in [0, 0.05) is 37.0 Å². The van der Waals surface area contributed by atoms with Gasteiger partial charge >= 0.3 is 0 Å². The molecule has 2 fully saturated rings. The average Bonchev–Trinajstić information content (AvgIpc) is 3.16. The molecule has 22 heavy (non-hydrogen) atoms. The Balaban J connectivity index is 1.31. The molecule has 4 nitrogen and oxygen atoms in total.